The fraction of sp³-hybridized carbons (Fsp3) is 0.214. The zero-order valence-corrected chi connectivity index (χ0v) is 12.5. The van der Waals surface area contributed by atoms with Gasteiger partial charge in [-0.15, -0.1) is 0 Å². The predicted octanol–water partition coefficient (Wildman–Crippen LogP) is 2.38. The first-order valence-electron chi connectivity index (χ1n) is 6.38. The van der Waals surface area contributed by atoms with E-state index < -0.39 is 16.0 Å². The van der Waals surface area contributed by atoms with E-state index in [0.29, 0.717) is 5.69 Å². The van der Waals surface area contributed by atoms with E-state index in [-0.39, 0.29) is 16.3 Å². The third kappa shape index (κ3) is 3.25. The number of aromatic nitrogens is 1. The van der Waals surface area contributed by atoms with Gasteiger partial charge in [0.1, 0.15) is 5.69 Å². The van der Waals surface area contributed by atoms with Gasteiger partial charge in [-0.3, -0.25) is 4.72 Å². The zero-order chi connectivity index (χ0) is 15.6. The number of rotatable bonds is 5. The number of nitrogens with one attached hydrogen (secondary N) is 2. The quantitative estimate of drug-likeness (QED) is 0.789. The molecule has 1 aromatic heterocycles. The lowest BCUT2D eigenvalue weighted by Crippen LogP contribution is -2.14. The number of aromatic amines is 1. The highest BCUT2D eigenvalue weighted by Gasteiger charge is 2.20. The Labute approximate surface area is 122 Å². The zero-order valence-electron chi connectivity index (χ0n) is 11.7. The van der Waals surface area contributed by atoms with Crippen LogP contribution in [0.15, 0.2) is 35.2 Å². The summed E-state index contributed by atoms with van der Waals surface area (Å²) in [4.78, 5) is 13.8. The minimum Gasteiger partial charge on any atom is -0.477 e. The second-order valence-corrected chi connectivity index (χ2v) is 6.33. The van der Waals surface area contributed by atoms with Crippen LogP contribution in [-0.4, -0.2) is 24.5 Å². The molecule has 0 saturated heterocycles. The first-order chi connectivity index (χ1) is 9.83. The van der Waals surface area contributed by atoms with Gasteiger partial charge in [0, 0.05) is 5.69 Å². The SMILES string of the molecule is CCc1ccc(S(=O)(=O)Nc2cc(C)[nH]c2C(=O)O)cc1. The minimum atomic E-state index is -3.81. The maximum atomic E-state index is 12.3. The van der Waals surface area contributed by atoms with E-state index in [2.05, 4.69) is 9.71 Å². The molecule has 0 aliphatic heterocycles. The fourth-order valence-electron chi connectivity index (χ4n) is 1.95. The van der Waals surface area contributed by atoms with Gasteiger partial charge in [0.25, 0.3) is 10.0 Å². The molecule has 0 bridgehead atoms. The van der Waals surface area contributed by atoms with Crippen LogP contribution in [-0.2, 0) is 16.4 Å². The van der Waals surface area contributed by atoms with Gasteiger partial charge in [-0.1, -0.05) is 19.1 Å². The predicted molar refractivity (Wildman–Crippen MR) is 79.1 cm³/mol. The van der Waals surface area contributed by atoms with Gasteiger partial charge in [0.05, 0.1) is 10.6 Å². The molecule has 112 valence electrons. The summed E-state index contributed by atoms with van der Waals surface area (Å²) in [5.41, 5.74) is 1.44. The largest absolute Gasteiger partial charge is 0.477 e. The number of benzene rings is 1. The molecular formula is C14H16N2O4S. The Morgan fingerprint density at radius 3 is 2.43 bits per heavy atom. The lowest BCUT2D eigenvalue weighted by atomic mass is 10.2. The molecule has 2 rings (SSSR count). The molecule has 0 aliphatic rings. The van der Waals surface area contributed by atoms with Crippen molar-refractivity contribution >= 4 is 21.7 Å². The van der Waals surface area contributed by atoms with Crippen molar-refractivity contribution < 1.29 is 18.3 Å². The third-order valence-electron chi connectivity index (χ3n) is 3.05. The molecule has 0 saturated carbocycles. The summed E-state index contributed by atoms with van der Waals surface area (Å²) in [7, 11) is -3.81. The topological polar surface area (TPSA) is 99.3 Å². The van der Waals surface area contributed by atoms with Gasteiger partial charge in [-0.05, 0) is 37.1 Å². The van der Waals surface area contributed by atoms with Crippen molar-refractivity contribution in [3.8, 4) is 0 Å². The normalized spacial score (nSPS) is 11.3. The molecule has 7 heteroatoms. The number of carboxylic acid groups (broad SMARTS) is 1. The van der Waals surface area contributed by atoms with E-state index in [0.717, 1.165) is 12.0 Å². The Morgan fingerprint density at radius 1 is 1.29 bits per heavy atom. The van der Waals surface area contributed by atoms with E-state index in [1.54, 1.807) is 19.1 Å². The molecule has 0 amide bonds. The van der Waals surface area contributed by atoms with Gasteiger partial charge < -0.3 is 10.1 Å². The molecule has 2 aromatic rings. The Bertz CT molecular complexity index is 761. The minimum absolute atomic E-state index is 0.0274. The van der Waals surface area contributed by atoms with Crippen LogP contribution in [0.25, 0.3) is 0 Å². The van der Waals surface area contributed by atoms with Crippen molar-refractivity contribution in [2.24, 2.45) is 0 Å². The Hall–Kier alpha value is -2.28. The van der Waals surface area contributed by atoms with Crippen LogP contribution in [0.3, 0.4) is 0 Å². The van der Waals surface area contributed by atoms with Crippen molar-refractivity contribution in [2.45, 2.75) is 25.2 Å². The summed E-state index contributed by atoms with van der Waals surface area (Å²) in [5.74, 6) is -1.22. The molecule has 21 heavy (non-hydrogen) atoms. The Balaban J connectivity index is 2.34. The molecule has 0 atom stereocenters. The smallest absolute Gasteiger partial charge is 0.354 e. The molecule has 0 fully saturated rings. The van der Waals surface area contributed by atoms with Crippen LogP contribution >= 0.6 is 0 Å². The van der Waals surface area contributed by atoms with Crippen LogP contribution in [0.2, 0.25) is 0 Å². The van der Waals surface area contributed by atoms with E-state index >= 15 is 0 Å². The number of aryl methyl sites for hydroxylation is 2. The standard InChI is InChI=1S/C14H16N2O4S/c1-3-10-4-6-11(7-5-10)21(19,20)16-12-8-9(2)15-13(12)14(17)18/h4-8,15-16H,3H2,1-2H3,(H,17,18). The van der Waals surface area contributed by atoms with Gasteiger partial charge in [0.15, 0.2) is 0 Å². The number of H-pyrrole nitrogens is 1. The van der Waals surface area contributed by atoms with E-state index in [1.807, 2.05) is 6.92 Å². The lowest BCUT2D eigenvalue weighted by Gasteiger charge is -2.08. The lowest BCUT2D eigenvalue weighted by molar-refractivity contribution is 0.0692. The van der Waals surface area contributed by atoms with Crippen LogP contribution in [0.5, 0.6) is 0 Å². The second-order valence-electron chi connectivity index (χ2n) is 4.65. The van der Waals surface area contributed by atoms with Crippen molar-refractivity contribution in [1.29, 1.82) is 0 Å². The van der Waals surface area contributed by atoms with E-state index in [4.69, 9.17) is 5.11 Å². The summed E-state index contributed by atoms with van der Waals surface area (Å²) in [6, 6.07) is 7.91. The number of carboxylic acids is 1. The van der Waals surface area contributed by atoms with Crippen LogP contribution in [0, 0.1) is 6.92 Å². The Morgan fingerprint density at radius 2 is 1.90 bits per heavy atom. The third-order valence-corrected chi connectivity index (χ3v) is 4.43. The molecule has 6 nitrogen and oxygen atoms in total. The molecule has 3 N–H and O–H groups in total. The van der Waals surface area contributed by atoms with Gasteiger partial charge in [0.2, 0.25) is 0 Å². The van der Waals surface area contributed by atoms with Crippen LogP contribution < -0.4 is 4.72 Å². The molecule has 0 radical (unpaired) electrons. The maximum absolute atomic E-state index is 12.3. The average Bonchev–Trinajstić information content (AvgIpc) is 2.79. The monoisotopic (exact) mass is 308 g/mol. The number of anilines is 1. The van der Waals surface area contributed by atoms with Crippen molar-refractivity contribution in [1.82, 2.24) is 4.98 Å². The molecule has 1 aromatic carbocycles. The second kappa shape index (κ2) is 5.61. The molecule has 0 unspecified atom stereocenters. The summed E-state index contributed by atoms with van der Waals surface area (Å²) in [6.45, 7) is 3.63. The van der Waals surface area contributed by atoms with E-state index in [1.165, 1.54) is 18.2 Å². The molecule has 0 spiro atoms. The summed E-state index contributed by atoms with van der Waals surface area (Å²) in [5, 5.41) is 9.05. The highest BCUT2D eigenvalue weighted by Crippen LogP contribution is 2.21. The van der Waals surface area contributed by atoms with Crippen molar-refractivity contribution in [3.05, 3.63) is 47.3 Å². The number of aromatic carboxylic acids is 1. The first-order valence-corrected chi connectivity index (χ1v) is 7.86. The molecular weight excluding hydrogens is 292 g/mol. The molecule has 1 heterocycles. The van der Waals surface area contributed by atoms with Crippen LogP contribution in [0.4, 0.5) is 5.69 Å². The van der Waals surface area contributed by atoms with Crippen molar-refractivity contribution in [2.75, 3.05) is 4.72 Å². The summed E-state index contributed by atoms with van der Waals surface area (Å²) >= 11 is 0. The molecule has 0 aliphatic carbocycles. The fourth-order valence-corrected chi connectivity index (χ4v) is 3.01. The highest BCUT2D eigenvalue weighted by atomic mass is 32.2. The van der Waals surface area contributed by atoms with Gasteiger partial charge in [-0.2, -0.15) is 0 Å². The number of carbonyl (C=O) groups is 1. The first kappa shape index (κ1) is 15.1. The van der Waals surface area contributed by atoms with Gasteiger partial charge >= 0.3 is 5.97 Å². The van der Waals surface area contributed by atoms with Gasteiger partial charge in [-0.25, -0.2) is 13.2 Å². The number of sulfonamides is 1. The highest BCUT2D eigenvalue weighted by molar-refractivity contribution is 7.92. The number of hydrogen-bond donors (Lipinski definition) is 3. The maximum Gasteiger partial charge on any atom is 0.354 e. The Kier molecular flexibility index (Phi) is 4.04. The number of hydrogen-bond acceptors (Lipinski definition) is 3. The van der Waals surface area contributed by atoms with Crippen LogP contribution in [0.1, 0.15) is 28.7 Å². The average molecular weight is 308 g/mol. The van der Waals surface area contributed by atoms with Crippen molar-refractivity contribution in [3.63, 3.8) is 0 Å². The summed E-state index contributed by atoms with van der Waals surface area (Å²) < 4.78 is 26.8. The summed E-state index contributed by atoms with van der Waals surface area (Å²) in [6.07, 6.45) is 0.813. The van der Waals surface area contributed by atoms with E-state index in [9.17, 15) is 13.2 Å².